The summed E-state index contributed by atoms with van der Waals surface area (Å²) in [5.74, 6) is 0.365. The summed E-state index contributed by atoms with van der Waals surface area (Å²) in [6, 6.07) is 8.15. The van der Waals surface area contributed by atoms with Crippen LogP contribution in [0.2, 0.25) is 5.02 Å². The van der Waals surface area contributed by atoms with E-state index in [9.17, 15) is 13.2 Å². The van der Waals surface area contributed by atoms with E-state index in [1.54, 1.807) is 43.3 Å². The number of nitrogens with zero attached hydrogens (tertiary/aromatic N) is 2. The molecule has 0 aliphatic carbocycles. The summed E-state index contributed by atoms with van der Waals surface area (Å²) in [6.45, 7) is 5.18. The summed E-state index contributed by atoms with van der Waals surface area (Å²) in [6.07, 6.45) is 4.04. The van der Waals surface area contributed by atoms with Crippen LogP contribution < -0.4 is 19.2 Å². The topological polar surface area (TPSA) is 97.3 Å². The van der Waals surface area contributed by atoms with Gasteiger partial charge in [0, 0.05) is 5.02 Å². The molecule has 0 atom stereocenters. The Labute approximate surface area is 201 Å². The van der Waals surface area contributed by atoms with E-state index in [0.717, 1.165) is 10.6 Å². The standard InChI is InChI=1S/C21H23BrClN3O5S/c1-5-8-31-21-17(22)10-15(11-19(21)30-3)12-24-25-20(27)13-26(32(4,28)29)18-7-6-16(23)9-14(18)2/h5-7,9-12H,1,8,13H2,2-4H3,(H,25,27)/b24-12-. The van der Waals surface area contributed by atoms with E-state index in [1.165, 1.54) is 13.3 Å². The van der Waals surface area contributed by atoms with Crippen LogP contribution in [-0.4, -0.2) is 47.1 Å². The van der Waals surface area contributed by atoms with Crippen molar-refractivity contribution < 1.29 is 22.7 Å². The molecule has 0 spiro atoms. The number of carbonyl (C=O) groups excluding carboxylic acids is 1. The van der Waals surface area contributed by atoms with Crippen molar-refractivity contribution in [1.82, 2.24) is 5.43 Å². The maximum atomic E-state index is 12.4. The first-order valence-electron chi connectivity index (χ1n) is 9.23. The average molecular weight is 545 g/mol. The summed E-state index contributed by atoms with van der Waals surface area (Å²) < 4.78 is 37.0. The highest BCUT2D eigenvalue weighted by Crippen LogP contribution is 2.36. The minimum absolute atomic E-state index is 0.308. The zero-order valence-corrected chi connectivity index (χ0v) is 20.9. The van der Waals surface area contributed by atoms with E-state index in [-0.39, 0.29) is 0 Å². The number of ether oxygens (including phenoxy) is 2. The first kappa shape index (κ1) is 25.7. The van der Waals surface area contributed by atoms with Gasteiger partial charge in [-0.3, -0.25) is 9.10 Å². The Hall–Kier alpha value is -2.56. The number of anilines is 1. The molecule has 0 aliphatic rings. The molecule has 0 saturated carbocycles. The number of amides is 1. The number of halogens is 2. The van der Waals surface area contributed by atoms with E-state index in [4.69, 9.17) is 21.1 Å². The van der Waals surface area contributed by atoms with Crippen molar-refractivity contribution in [3.8, 4) is 11.5 Å². The molecule has 8 nitrogen and oxygen atoms in total. The van der Waals surface area contributed by atoms with Crippen LogP contribution in [0.5, 0.6) is 11.5 Å². The molecule has 172 valence electrons. The van der Waals surface area contributed by atoms with Gasteiger partial charge >= 0.3 is 0 Å². The third-order valence-corrected chi connectivity index (χ3v) is 6.07. The fraction of sp³-hybridized carbons (Fsp3) is 0.238. The lowest BCUT2D eigenvalue weighted by Gasteiger charge is -2.23. The number of aryl methyl sites for hydroxylation is 1. The molecule has 11 heteroatoms. The van der Waals surface area contributed by atoms with Gasteiger partial charge in [-0.25, -0.2) is 13.8 Å². The van der Waals surface area contributed by atoms with Gasteiger partial charge in [-0.2, -0.15) is 5.10 Å². The predicted octanol–water partition coefficient (Wildman–Crippen LogP) is 3.90. The van der Waals surface area contributed by atoms with Crippen molar-refractivity contribution in [2.75, 3.05) is 30.8 Å². The van der Waals surface area contributed by atoms with Crippen LogP contribution in [0.4, 0.5) is 5.69 Å². The zero-order chi connectivity index (χ0) is 23.9. The molecule has 0 heterocycles. The number of carbonyl (C=O) groups is 1. The van der Waals surface area contributed by atoms with Crippen LogP contribution in [0.25, 0.3) is 0 Å². The van der Waals surface area contributed by atoms with Crippen molar-refractivity contribution in [2.24, 2.45) is 5.10 Å². The normalized spacial score (nSPS) is 11.3. The zero-order valence-electron chi connectivity index (χ0n) is 17.8. The lowest BCUT2D eigenvalue weighted by atomic mass is 10.2. The van der Waals surface area contributed by atoms with E-state index >= 15 is 0 Å². The molecular formula is C21H23BrClN3O5S. The monoisotopic (exact) mass is 543 g/mol. The number of rotatable bonds is 10. The average Bonchev–Trinajstić information content (AvgIpc) is 2.70. The third-order valence-electron chi connectivity index (χ3n) is 4.12. The highest BCUT2D eigenvalue weighted by Gasteiger charge is 2.22. The smallest absolute Gasteiger partial charge is 0.260 e. The molecular weight excluding hydrogens is 522 g/mol. The van der Waals surface area contributed by atoms with Gasteiger partial charge < -0.3 is 9.47 Å². The fourth-order valence-corrected chi connectivity index (χ4v) is 4.44. The number of hydrogen-bond acceptors (Lipinski definition) is 6. The Morgan fingerprint density at radius 3 is 2.66 bits per heavy atom. The summed E-state index contributed by atoms with van der Waals surface area (Å²) >= 11 is 9.36. The van der Waals surface area contributed by atoms with E-state index in [0.29, 0.717) is 44.4 Å². The van der Waals surface area contributed by atoms with E-state index < -0.39 is 22.5 Å². The second-order valence-corrected chi connectivity index (χ2v) is 9.82. The Morgan fingerprint density at radius 1 is 1.34 bits per heavy atom. The number of hydrogen-bond donors (Lipinski definition) is 1. The Kier molecular flexibility index (Phi) is 9.11. The van der Waals surface area contributed by atoms with E-state index in [1.807, 2.05) is 0 Å². The van der Waals surface area contributed by atoms with Crippen molar-refractivity contribution in [2.45, 2.75) is 6.92 Å². The number of hydrazone groups is 1. The maximum absolute atomic E-state index is 12.4. The van der Waals surface area contributed by atoms with Gasteiger partial charge in [0.15, 0.2) is 11.5 Å². The minimum atomic E-state index is -3.72. The number of methoxy groups -OCH3 is 1. The van der Waals surface area contributed by atoms with Gasteiger partial charge in [0.05, 0.1) is 29.7 Å². The molecule has 0 aromatic heterocycles. The summed E-state index contributed by atoms with van der Waals surface area (Å²) in [4.78, 5) is 12.4. The van der Waals surface area contributed by atoms with Gasteiger partial charge in [0.2, 0.25) is 10.0 Å². The lowest BCUT2D eigenvalue weighted by molar-refractivity contribution is -0.119. The molecule has 1 amide bonds. The highest BCUT2D eigenvalue weighted by atomic mass is 79.9. The molecule has 2 aromatic carbocycles. The minimum Gasteiger partial charge on any atom is -0.493 e. The van der Waals surface area contributed by atoms with Gasteiger partial charge in [-0.15, -0.1) is 0 Å². The largest absolute Gasteiger partial charge is 0.493 e. The fourth-order valence-electron chi connectivity index (χ4n) is 2.72. The molecule has 0 bridgehead atoms. The molecule has 2 rings (SSSR count). The first-order chi connectivity index (χ1) is 15.1. The highest BCUT2D eigenvalue weighted by molar-refractivity contribution is 9.10. The van der Waals surface area contributed by atoms with Crippen LogP contribution in [0.15, 0.2) is 52.6 Å². The van der Waals surface area contributed by atoms with E-state index in [2.05, 4.69) is 33.0 Å². The molecule has 0 fully saturated rings. The van der Waals surface area contributed by atoms with Gasteiger partial charge in [0.1, 0.15) is 13.2 Å². The Balaban J connectivity index is 2.15. The number of benzene rings is 2. The maximum Gasteiger partial charge on any atom is 0.260 e. The summed E-state index contributed by atoms with van der Waals surface area (Å²) in [7, 11) is -2.22. The van der Waals surface area contributed by atoms with Crippen LogP contribution >= 0.6 is 27.5 Å². The van der Waals surface area contributed by atoms with Crippen molar-refractivity contribution >= 4 is 55.4 Å². The Bertz CT molecular complexity index is 1140. The molecule has 0 aliphatic heterocycles. The first-order valence-corrected chi connectivity index (χ1v) is 12.3. The van der Waals surface area contributed by atoms with Crippen LogP contribution in [-0.2, 0) is 14.8 Å². The molecule has 2 aromatic rings. The molecule has 0 saturated heterocycles. The molecule has 1 N–H and O–H groups in total. The number of sulfonamides is 1. The Morgan fingerprint density at radius 2 is 2.06 bits per heavy atom. The summed E-state index contributed by atoms with van der Waals surface area (Å²) in [5, 5.41) is 4.38. The third kappa shape index (κ3) is 6.98. The molecule has 32 heavy (non-hydrogen) atoms. The molecule has 0 radical (unpaired) electrons. The lowest BCUT2D eigenvalue weighted by Crippen LogP contribution is -2.39. The number of nitrogens with one attached hydrogen (secondary N) is 1. The van der Waals surface area contributed by atoms with Gasteiger partial charge in [-0.05, 0) is 64.3 Å². The van der Waals surface area contributed by atoms with Crippen LogP contribution in [0.3, 0.4) is 0 Å². The van der Waals surface area contributed by atoms with Gasteiger partial charge in [0.25, 0.3) is 5.91 Å². The second kappa shape index (κ2) is 11.3. The second-order valence-electron chi connectivity index (χ2n) is 6.63. The molecule has 0 unspecified atom stereocenters. The van der Waals surface area contributed by atoms with Crippen LogP contribution in [0.1, 0.15) is 11.1 Å². The van der Waals surface area contributed by atoms with Crippen molar-refractivity contribution in [3.63, 3.8) is 0 Å². The van der Waals surface area contributed by atoms with Crippen molar-refractivity contribution in [1.29, 1.82) is 0 Å². The van der Waals surface area contributed by atoms with Crippen molar-refractivity contribution in [3.05, 3.63) is 63.6 Å². The van der Waals surface area contributed by atoms with Crippen LogP contribution in [0, 0.1) is 6.92 Å². The van der Waals surface area contributed by atoms with Gasteiger partial charge in [-0.1, -0.05) is 24.3 Å². The SMILES string of the molecule is C=CCOc1c(Br)cc(/C=N\NC(=O)CN(c2ccc(Cl)cc2C)S(C)(=O)=O)cc1OC. The summed E-state index contributed by atoms with van der Waals surface area (Å²) in [5.41, 5.74) is 3.94. The quantitative estimate of drug-likeness (QED) is 0.278. The predicted molar refractivity (Wildman–Crippen MR) is 131 cm³/mol.